The van der Waals surface area contributed by atoms with Gasteiger partial charge in [-0.2, -0.15) is 0 Å². The first-order valence-corrected chi connectivity index (χ1v) is 7.10. The topological polar surface area (TPSA) is 44.9 Å². The number of hydrogen-bond acceptors (Lipinski definition) is 2. The molecule has 1 saturated heterocycles. The van der Waals surface area contributed by atoms with Gasteiger partial charge in [0, 0.05) is 39.3 Å². The Morgan fingerprint density at radius 1 is 1.16 bits per heavy atom. The van der Waals surface area contributed by atoms with E-state index in [1.807, 2.05) is 0 Å². The Morgan fingerprint density at radius 2 is 1.84 bits per heavy atom. The summed E-state index contributed by atoms with van der Waals surface area (Å²) in [6.45, 7) is 8.04. The molecule has 0 saturated carbocycles. The van der Waals surface area contributed by atoms with E-state index < -0.39 is 0 Å². The summed E-state index contributed by atoms with van der Waals surface area (Å²) in [5.74, 6) is 0.709. The second-order valence-electron chi connectivity index (χ2n) is 4.99. The summed E-state index contributed by atoms with van der Waals surface area (Å²) >= 11 is 0. The average Bonchev–Trinajstić information content (AvgIpc) is 2.46. The molecule has 1 aliphatic rings. The van der Waals surface area contributed by atoms with Crippen LogP contribution in [0.5, 0.6) is 0 Å². The molecule has 0 atom stereocenters. The molecule has 0 bridgehead atoms. The number of aliphatic imine (C=N–C) groups is 1. The smallest absolute Gasteiger partial charge is 0.191 e. The van der Waals surface area contributed by atoms with Crippen LogP contribution in [0, 0.1) is 0 Å². The van der Waals surface area contributed by atoms with Gasteiger partial charge in [-0.1, -0.05) is 37.3 Å². The number of rotatable bonds is 4. The number of nitrogens with zero attached hydrogens (tertiary/aromatic N) is 3. The lowest BCUT2D eigenvalue weighted by Crippen LogP contribution is -2.50. The minimum absolute atomic E-state index is 0.709. The first-order valence-electron chi connectivity index (χ1n) is 7.10. The van der Waals surface area contributed by atoms with Crippen LogP contribution in [0.4, 0.5) is 0 Å². The van der Waals surface area contributed by atoms with Crippen LogP contribution in [0.3, 0.4) is 0 Å². The van der Waals surface area contributed by atoms with Crippen molar-refractivity contribution in [2.45, 2.75) is 19.9 Å². The molecule has 4 heteroatoms. The van der Waals surface area contributed by atoms with E-state index in [0.29, 0.717) is 5.96 Å². The van der Waals surface area contributed by atoms with Gasteiger partial charge in [-0.25, -0.2) is 0 Å². The molecule has 0 amide bonds. The van der Waals surface area contributed by atoms with Gasteiger partial charge in [-0.15, -0.1) is 0 Å². The van der Waals surface area contributed by atoms with Crippen molar-refractivity contribution in [1.29, 1.82) is 0 Å². The molecular weight excluding hydrogens is 236 g/mol. The maximum absolute atomic E-state index is 5.99. The highest BCUT2D eigenvalue weighted by atomic mass is 15.3. The first-order chi connectivity index (χ1) is 9.29. The maximum Gasteiger partial charge on any atom is 0.191 e. The summed E-state index contributed by atoms with van der Waals surface area (Å²) in [5, 5.41) is 0. The standard InChI is InChI=1S/C15H24N4/c1-2-8-17-15(16)19-11-9-18(10-12-19)13-14-6-4-3-5-7-14/h3-7H,2,8-13H2,1H3,(H2,16,17). The van der Waals surface area contributed by atoms with Crippen LogP contribution in [0.1, 0.15) is 18.9 Å². The zero-order valence-electron chi connectivity index (χ0n) is 11.8. The lowest BCUT2D eigenvalue weighted by molar-refractivity contribution is 0.174. The number of benzene rings is 1. The maximum atomic E-state index is 5.99. The molecule has 104 valence electrons. The predicted octanol–water partition coefficient (Wildman–Crippen LogP) is 1.53. The van der Waals surface area contributed by atoms with Crippen molar-refractivity contribution in [3.63, 3.8) is 0 Å². The Labute approximate surface area is 115 Å². The highest BCUT2D eigenvalue weighted by molar-refractivity contribution is 5.78. The molecule has 0 spiro atoms. The second-order valence-corrected chi connectivity index (χ2v) is 4.99. The summed E-state index contributed by atoms with van der Waals surface area (Å²) in [6.07, 6.45) is 1.05. The molecule has 0 aliphatic carbocycles. The Kier molecular flexibility index (Phi) is 5.21. The van der Waals surface area contributed by atoms with Crippen LogP contribution in [0.15, 0.2) is 35.3 Å². The minimum atomic E-state index is 0.709. The van der Waals surface area contributed by atoms with Gasteiger partial charge in [0.25, 0.3) is 0 Å². The Bertz CT molecular complexity index is 394. The Balaban J connectivity index is 1.79. The summed E-state index contributed by atoms with van der Waals surface area (Å²) in [7, 11) is 0. The monoisotopic (exact) mass is 260 g/mol. The summed E-state index contributed by atoms with van der Waals surface area (Å²) in [4.78, 5) is 9.04. The third-order valence-electron chi connectivity index (χ3n) is 3.44. The summed E-state index contributed by atoms with van der Waals surface area (Å²) < 4.78 is 0. The normalized spacial score (nSPS) is 17.7. The van der Waals surface area contributed by atoms with Gasteiger partial charge in [-0.05, 0) is 12.0 Å². The highest BCUT2D eigenvalue weighted by Crippen LogP contribution is 2.08. The van der Waals surface area contributed by atoms with Crippen LogP contribution in [0.2, 0.25) is 0 Å². The zero-order chi connectivity index (χ0) is 13.5. The van der Waals surface area contributed by atoms with Gasteiger partial charge < -0.3 is 10.6 Å². The fraction of sp³-hybridized carbons (Fsp3) is 0.533. The molecule has 1 aliphatic heterocycles. The Morgan fingerprint density at radius 3 is 2.47 bits per heavy atom. The van der Waals surface area contributed by atoms with Gasteiger partial charge in [0.05, 0.1) is 0 Å². The van der Waals surface area contributed by atoms with E-state index in [1.54, 1.807) is 0 Å². The summed E-state index contributed by atoms with van der Waals surface area (Å²) in [6, 6.07) is 10.6. The molecular formula is C15H24N4. The average molecular weight is 260 g/mol. The van der Waals surface area contributed by atoms with Gasteiger partial charge in [-0.3, -0.25) is 9.89 Å². The fourth-order valence-corrected chi connectivity index (χ4v) is 2.30. The third-order valence-corrected chi connectivity index (χ3v) is 3.44. The van der Waals surface area contributed by atoms with E-state index >= 15 is 0 Å². The highest BCUT2D eigenvalue weighted by Gasteiger charge is 2.17. The van der Waals surface area contributed by atoms with E-state index in [4.69, 9.17) is 5.73 Å². The van der Waals surface area contributed by atoms with Gasteiger partial charge in [0.15, 0.2) is 5.96 Å². The molecule has 0 unspecified atom stereocenters. The molecule has 1 aromatic carbocycles. The molecule has 0 radical (unpaired) electrons. The number of nitrogens with two attached hydrogens (primary N) is 1. The van der Waals surface area contributed by atoms with Crippen molar-refractivity contribution in [2.24, 2.45) is 10.7 Å². The van der Waals surface area contributed by atoms with Crippen molar-refractivity contribution in [1.82, 2.24) is 9.80 Å². The molecule has 19 heavy (non-hydrogen) atoms. The SMILES string of the molecule is CCCN=C(N)N1CCN(Cc2ccccc2)CC1. The Hall–Kier alpha value is -1.55. The van der Waals surface area contributed by atoms with Gasteiger partial charge in [0.2, 0.25) is 0 Å². The van der Waals surface area contributed by atoms with Crippen LogP contribution in [-0.2, 0) is 6.54 Å². The van der Waals surface area contributed by atoms with Crippen molar-refractivity contribution in [3.8, 4) is 0 Å². The lowest BCUT2D eigenvalue weighted by Gasteiger charge is -2.35. The second kappa shape index (κ2) is 7.14. The molecule has 0 aromatic heterocycles. The van der Waals surface area contributed by atoms with Gasteiger partial charge in [0.1, 0.15) is 0 Å². The fourth-order valence-electron chi connectivity index (χ4n) is 2.30. The predicted molar refractivity (Wildman–Crippen MR) is 80.1 cm³/mol. The van der Waals surface area contributed by atoms with Crippen molar-refractivity contribution < 1.29 is 0 Å². The van der Waals surface area contributed by atoms with E-state index in [9.17, 15) is 0 Å². The zero-order valence-corrected chi connectivity index (χ0v) is 11.8. The molecule has 1 heterocycles. The van der Waals surface area contributed by atoms with Crippen LogP contribution in [0.25, 0.3) is 0 Å². The summed E-state index contributed by atoms with van der Waals surface area (Å²) in [5.41, 5.74) is 7.37. The van der Waals surface area contributed by atoms with Crippen LogP contribution < -0.4 is 5.73 Å². The van der Waals surface area contributed by atoms with Crippen molar-refractivity contribution in [2.75, 3.05) is 32.7 Å². The quantitative estimate of drug-likeness (QED) is 0.659. The van der Waals surface area contributed by atoms with E-state index in [0.717, 1.165) is 45.7 Å². The largest absolute Gasteiger partial charge is 0.370 e. The minimum Gasteiger partial charge on any atom is -0.370 e. The first kappa shape index (κ1) is 13.9. The van der Waals surface area contributed by atoms with Crippen LogP contribution in [-0.4, -0.2) is 48.5 Å². The number of hydrogen-bond donors (Lipinski definition) is 1. The number of piperazine rings is 1. The third kappa shape index (κ3) is 4.24. The molecule has 2 N–H and O–H groups in total. The van der Waals surface area contributed by atoms with E-state index in [-0.39, 0.29) is 0 Å². The lowest BCUT2D eigenvalue weighted by atomic mass is 10.2. The molecule has 1 aromatic rings. The molecule has 1 fully saturated rings. The van der Waals surface area contributed by atoms with Gasteiger partial charge >= 0.3 is 0 Å². The van der Waals surface area contributed by atoms with E-state index in [1.165, 1.54) is 5.56 Å². The van der Waals surface area contributed by atoms with E-state index in [2.05, 4.69) is 52.0 Å². The van der Waals surface area contributed by atoms with Crippen molar-refractivity contribution in [3.05, 3.63) is 35.9 Å². The van der Waals surface area contributed by atoms with Crippen molar-refractivity contribution >= 4 is 5.96 Å². The van der Waals surface area contributed by atoms with Crippen LogP contribution >= 0.6 is 0 Å². The molecule has 4 nitrogen and oxygen atoms in total. The number of guanidine groups is 1. The molecule has 2 rings (SSSR count).